The summed E-state index contributed by atoms with van der Waals surface area (Å²) >= 11 is 0. The van der Waals surface area contributed by atoms with Crippen LogP contribution >= 0.6 is 0 Å². The fourth-order valence-corrected chi connectivity index (χ4v) is 5.25. The fourth-order valence-electron chi connectivity index (χ4n) is 5.25. The number of pyridine rings is 1. The maximum Gasteiger partial charge on any atom is 0.328 e. The first-order valence-corrected chi connectivity index (χ1v) is 12.1. The first kappa shape index (κ1) is 23.1. The summed E-state index contributed by atoms with van der Waals surface area (Å²) in [6.07, 6.45) is 3.56. The number of hydrogen-bond donors (Lipinski definition) is 1. The number of amides is 3. The van der Waals surface area contributed by atoms with Gasteiger partial charge in [0.15, 0.2) is 0 Å². The highest BCUT2D eigenvalue weighted by atomic mass is 16.3. The Morgan fingerprint density at radius 1 is 0.857 bits per heavy atom. The first-order valence-electron chi connectivity index (χ1n) is 12.1. The van der Waals surface area contributed by atoms with Gasteiger partial charge in [0.25, 0.3) is 5.91 Å². The minimum Gasteiger partial charge on any atom is -0.508 e. The minimum absolute atomic E-state index is 0.113. The molecule has 1 N–H and O–H groups in total. The molecule has 7 heteroatoms. The van der Waals surface area contributed by atoms with Crippen LogP contribution in [0.3, 0.4) is 0 Å². The highest BCUT2D eigenvalue weighted by Gasteiger charge is 2.57. The maximum atomic E-state index is 13.8. The van der Waals surface area contributed by atoms with E-state index in [4.69, 9.17) is 0 Å². The van der Waals surface area contributed by atoms with Crippen LogP contribution in [0.2, 0.25) is 0 Å². The number of nitrogens with zero attached hydrogens (tertiary/aromatic N) is 4. The van der Waals surface area contributed by atoms with Crippen LogP contribution in [0.1, 0.15) is 29.7 Å². The SMILES string of the molecule is O=C1N(Cc2ccccn2)C(=O)C2(CCN(Cc3cccc(O)c3)CC2)N1CCc1ccccc1. The third-order valence-electron chi connectivity index (χ3n) is 7.13. The number of hydrogen-bond acceptors (Lipinski definition) is 5. The smallest absolute Gasteiger partial charge is 0.328 e. The third-order valence-corrected chi connectivity index (χ3v) is 7.13. The van der Waals surface area contributed by atoms with Gasteiger partial charge in [-0.1, -0.05) is 48.5 Å². The van der Waals surface area contributed by atoms with Gasteiger partial charge in [-0.3, -0.25) is 19.6 Å². The van der Waals surface area contributed by atoms with E-state index < -0.39 is 5.54 Å². The number of phenols is 1. The van der Waals surface area contributed by atoms with E-state index in [1.807, 2.05) is 53.4 Å². The molecule has 7 nitrogen and oxygen atoms in total. The van der Waals surface area contributed by atoms with E-state index in [1.165, 1.54) is 4.90 Å². The van der Waals surface area contributed by atoms with Gasteiger partial charge in [0.05, 0.1) is 12.2 Å². The van der Waals surface area contributed by atoms with Gasteiger partial charge in [0.1, 0.15) is 11.3 Å². The molecule has 180 valence electrons. The van der Waals surface area contributed by atoms with Crippen molar-refractivity contribution >= 4 is 11.9 Å². The minimum atomic E-state index is -0.823. The number of rotatable bonds is 7. The average Bonchev–Trinajstić information content (AvgIpc) is 3.06. The Hall–Kier alpha value is -3.71. The molecule has 2 saturated heterocycles. The number of aromatic nitrogens is 1. The van der Waals surface area contributed by atoms with Gasteiger partial charge in [-0.05, 0) is 54.7 Å². The molecule has 3 heterocycles. The summed E-state index contributed by atoms with van der Waals surface area (Å²) < 4.78 is 0. The van der Waals surface area contributed by atoms with Crippen LogP contribution in [-0.2, 0) is 24.3 Å². The lowest BCUT2D eigenvalue weighted by Gasteiger charge is -2.42. The molecule has 0 unspecified atom stereocenters. The van der Waals surface area contributed by atoms with Gasteiger partial charge in [-0.15, -0.1) is 0 Å². The monoisotopic (exact) mass is 470 g/mol. The predicted octanol–water partition coefficient (Wildman–Crippen LogP) is 3.83. The van der Waals surface area contributed by atoms with E-state index in [0.717, 1.165) is 11.1 Å². The van der Waals surface area contributed by atoms with Crippen molar-refractivity contribution in [3.8, 4) is 5.75 Å². The molecular formula is C28H30N4O3. The summed E-state index contributed by atoms with van der Waals surface area (Å²) in [5.41, 5.74) is 2.06. The number of carbonyl (C=O) groups is 2. The summed E-state index contributed by atoms with van der Waals surface area (Å²) in [6.45, 7) is 2.80. The summed E-state index contributed by atoms with van der Waals surface area (Å²) in [5, 5.41) is 9.79. The predicted molar refractivity (Wildman–Crippen MR) is 132 cm³/mol. The second kappa shape index (κ2) is 9.88. The van der Waals surface area contributed by atoms with E-state index >= 15 is 0 Å². The number of likely N-dealkylation sites (tertiary alicyclic amines) is 1. The number of urea groups is 1. The Morgan fingerprint density at radius 3 is 2.31 bits per heavy atom. The van der Waals surface area contributed by atoms with Crippen molar-refractivity contribution < 1.29 is 14.7 Å². The topological polar surface area (TPSA) is 77.0 Å². The van der Waals surface area contributed by atoms with Gasteiger partial charge in [-0.2, -0.15) is 0 Å². The Morgan fingerprint density at radius 2 is 1.60 bits per heavy atom. The van der Waals surface area contributed by atoms with Crippen LogP contribution in [-0.4, -0.2) is 61.9 Å². The van der Waals surface area contributed by atoms with Crippen molar-refractivity contribution in [3.63, 3.8) is 0 Å². The molecule has 0 radical (unpaired) electrons. The van der Waals surface area contributed by atoms with Gasteiger partial charge >= 0.3 is 6.03 Å². The van der Waals surface area contributed by atoms with Crippen molar-refractivity contribution in [1.29, 1.82) is 0 Å². The highest BCUT2D eigenvalue weighted by Crippen LogP contribution is 2.38. The Bertz CT molecular complexity index is 1180. The Balaban J connectivity index is 1.35. The van der Waals surface area contributed by atoms with E-state index in [2.05, 4.69) is 22.0 Å². The van der Waals surface area contributed by atoms with Crippen LogP contribution in [0.25, 0.3) is 0 Å². The second-order valence-electron chi connectivity index (χ2n) is 9.36. The number of piperidine rings is 1. The van der Waals surface area contributed by atoms with E-state index in [9.17, 15) is 14.7 Å². The standard InChI is InChI=1S/C28H30N4O3/c33-25-11-6-9-23(19-25)20-30-17-13-28(14-18-30)26(34)31(21-24-10-4-5-15-29-24)27(35)32(28)16-12-22-7-2-1-3-8-22/h1-11,15,19,33H,12-14,16-18,20-21H2. The molecule has 0 bridgehead atoms. The molecule has 0 aliphatic carbocycles. The number of phenolic OH excluding ortho intramolecular Hbond substituents is 1. The number of aromatic hydroxyl groups is 1. The normalized spacial score (nSPS) is 17.9. The second-order valence-corrected chi connectivity index (χ2v) is 9.36. The number of benzene rings is 2. The molecule has 3 amide bonds. The number of carbonyl (C=O) groups excluding carboxylic acids is 2. The molecule has 1 spiro atoms. The molecular weight excluding hydrogens is 440 g/mol. The van der Waals surface area contributed by atoms with Crippen molar-refractivity contribution in [2.24, 2.45) is 0 Å². The largest absolute Gasteiger partial charge is 0.508 e. The molecule has 2 aromatic carbocycles. The van der Waals surface area contributed by atoms with Crippen LogP contribution in [0.15, 0.2) is 79.0 Å². The van der Waals surface area contributed by atoms with Crippen LogP contribution in [0.4, 0.5) is 4.79 Å². The van der Waals surface area contributed by atoms with E-state index in [1.54, 1.807) is 18.3 Å². The lowest BCUT2D eigenvalue weighted by atomic mass is 9.85. The van der Waals surface area contributed by atoms with Gasteiger partial charge in [0.2, 0.25) is 0 Å². The third kappa shape index (κ3) is 4.77. The van der Waals surface area contributed by atoms with Crippen LogP contribution in [0.5, 0.6) is 5.75 Å². The molecule has 35 heavy (non-hydrogen) atoms. The van der Waals surface area contributed by atoms with Crippen LogP contribution in [0, 0.1) is 0 Å². The van der Waals surface area contributed by atoms with Gasteiger partial charge in [0, 0.05) is 32.4 Å². The van der Waals surface area contributed by atoms with Crippen molar-refractivity contribution in [3.05, 3.63) is 95.8 Å². The zero-order valence-electron chi connectivity index (χ0n) is 19.7. The summed E-state index contributed by atoms with van der Waals surface area (Å²) in [4.78, 5) is 37.2. The molecule has 2 fully saturated rings. The Kier molecular flexibility index (Phi) is 6.51. The summed E-state index contributed by atoms with van der Waals surface area (Å²) in [5.74, 6) is 0.142. The van der Waals surface area contributed by atoms with E-state index in [0.29, 0.717) is 51.1 Å². The molecule has 0 atom stereocenters. The van der Waals surface area contributed by atoms with Crippen molar-refractivity contribution in [2.45, 2.75) is 37.9 Å². The Labute approximate surface area is 205 Å². The van der Waals surface area contributed by atoms with E-state index in [-0.39, 0.29) is 24.2 Å². The molecule has 5 rings (SSSR count). The van der Waals surface area contributed by atoms with Gasteiger partial charge in [-0.25, -0.2) is 4.79 Å². The summed E-state index contributed by atoms with van der Waals surface area (Å²) in [6, 6.07) is 22.7. The zero-order chi connectivity index (χ0) is 24.3. The number of imide groups is 1. The average molecular weight is 471 g/mol. The fraction of sp³-hybridized carbons (Fsp3) is 0.321. The van der Waals surface area contributed by atoms with Crippen molar-refractivity contribution in [1.82, 2.24) is 19.7 Å². The highest BCUT2D eigenvalue weighted by molar-refractivity contribution is 6.07. The molecule has 2 aliphatic rings. The zero-order valence-corrected chi connectivity index (χ0v) is 19.7. The quantitative estimate of drug-likeness (QED) is 0.531. The lowest BCUT2D eigenvalue weighted by molar-refractivity contribution is -0.136. The van der Waals surface area contributed by atoms with Crippen LogP contribution < -0.4 is 0 Å². The van der Waals surface area contributed by atoms with Crippen molar-refractivity contribution in [2.75, 3.05) is 19.6 Å². The van der Waals surface area contributed by atoms with Gasteiger partial charge < -0.3 is 10.0 Å². The molecule has 0 saturated carbocycles. The first-order chi connectivity index (χ1) is 17.0. The molecule has 3 aromatic rings. The lowest BCUT2D eigenvalue weighted by Crippen LogP contribution is -2.56. The maximum absolute atomic E-state index is 13.8. The summed E-state index contributed by atoms with van der Waals surface area (Å²) in [7, 11) is 0. The molecule has 1 aromatic heterocycles. The molecule has 2 aliphatic heterocycles.